The Bertz CT molecular complexity index is 732. The average molecular weight is 345 g/mol. The minimum atomic E-state index is -0.113. The predicted octanol–water partition coefficient (Wildman–Crippen LogP) is 3.47. The molecule has 6 nitrogen and oxygen atoms in total. The molecule has 3 N–H and O–H groups in total. The quantitative estimate of drug-likeness (QED) is 0.721. The van der Waals surface area contributed by atoms with Crippen LogP contribution in [0.3, 0.4) is 0 Å². The van der Waals surface area contributed by atoms with Gasteiger partial charge in [-0.25, -0.2) is 0 Å². The van der Waals surface area contributed by atoms with Crippen molar-refractivity contribution in [3.05, 3.63) is 42.5 Å². The Morgan fingerprint density at radius 1 is 0.917 bits per heavy atom. The molecular weight excluding hydrogens is 326 g/mol. The van der Waals surface area contributed by atoms with Gasteiger partial charge in [0, 0.05) is 24.4 Å². The summed E-state index contributed by atoms with van der Waals surface area (Å²) in [6, 6.07) is 12.6. The number of thiocarbonyl (C=S) groups is 1. The number of methoxy groups -OCH3 is 2. The molecule has 1 amide bonds. The molecular formula is C17H19N3O3S. The molecule has 2 aromatic carbocycles. The molecule has 0 heterocycles. The molecule has 2 aromatic rings. The molecule has 0 bridgehead atoms. The molecule has 0 atom stereocenters. The Balaban J connectivity index is 2.04. The average Bonchev–Trinajstić information content (AvgIpc) is 2.56. The van der Waals surface area contributed by atoms with Gasteiger partial charge in [-0.15, -0.1) is 0 Å². The van der Waals surface area contributed by atoms with Crippen LogP contribution in [0.25, 0.3) is 0 Å². The largest absolute Gasteiger partial charge is 0.497 e. The Kier molecular flexibility index (Phi) is 5.97. The van der Waals surface area contributed by atoms with Crippen molar-refractivity contribution in [1.82, 2.24) is 0 Å². The highest BCUT2D eigenvalue weighted by Gasteiger charge is 2.07. The lowest BCUT2D eigenvalue weighted by Gasteiger charge is -2.14. The van der Waals surface area contributed by atoms with Crippen molar-refractivity contribution in [1.29, 1.82) is 0 Å². The van der Waals surface area contributed by atoms with Crippen LogP contribution in [0.2, 0.25) is 0 Å². The lowest BCUT2D eigenvalue weighted by atomic mass is 10.2. The monoisotopic (exact) mass is 345 g/mol. The van der Waals surface area contributed by atoms with E-state index < -0.39 is 0 Å². The third-order valence-electron chi connectivity index (χ3n) is 3.12. The van der Waals surface area contributed by atoms with Gasteiger partial charge in [0.15, 0.2) is 5.11 Å². The number of amides is 1. The summed E-state index contributed by atoms with van der Waals surface area (Å²) in [5.41, 5.74) is 2.22. The summed E-state index contributed by atoms with van der Waals surface area (Å²) in [5.74, 6) is 1.24. The Hall–Kier alpha value is -2.80. The van der Waals surface area contributed by atoms with Gasteiger partial charge in [0.1, 0.15) is 11.5 Å². The van der Waals surface area contributed by atoms with Crippen molar-refractivity contribution in [3.63, 3.8) is 0 Å². The lowest BCUT2D eigenvalue weighted by Crippen LogP contribution is -2.19. The number of rotatable bonds is 5. The zero-order valence-corrected chi connectivity index (χ0v) is 14.5. The topological polar surface area (TPSA) is 71.6 Å². The molecule has 0 saturated heterocycles. The molecule has 0 fully saturated rings. The predicted molar refractivity (Wildman–Crippen MR) is 100 cm³/mol. The van der Waals surface area contributed by atoms with Crippen molar-refractivity contribution < 1.29 is 14.3 Å². The van der Waals surface area contributed by atoms with Crippen LogP contribution in [0.1, 0.15) is 6.92 Å². The van der Waals surface area contributed by atoms with E-state index in [9.17, 15) is 4.79 Å². The Morgan fingerprint density at radius 2 is 1.54 bits per heavy atom. The number of carbonyl (C=O) groups is 1. The fourth-order valence-electron chi connectivity index (χ4n) is 2.04. The standard InChI is InChI=1S/C17H19N3O3S/c1-11(21)18-12-4-6-13(7-5-12)19-17(24)20-15-10-14(22-2)8-9-16(15)23-3/h4-10H,1-3H3,(H,18,21)(H2,19,20,24). The number of ether oxygens (including phenoxy) is 2. The molecule has 7 heteroatoms. The summed E-state index contributed by atoms with van der Waals surface area (Å²) in [6.07, 6.45) is 0. The van der Waals surface area contributed by atoms with Crippen molar-refractivity contribution in [2.24, 2.45) is 0 Å². The fourth-order valence-corrected chi connectivity index (χ4v) is 2.26. The molecule has 24 heavy (non-hydrogen) atoms. The Morgan fingerprint density at radius 3 is 2.08 bits per heavy atom. The van der Waals surface area contributed by atoms with Crippen LogP contribution in [0.4, 0.5) is 17.1 Å². The van der Waals surface area contributed by atoms with Crippen LogP contribution in [-0.4, -0.2) is 25.2 Å². The fraction of sp³-hybridized carbons (Fsp3) is 0.176. The second-order valence-electron chi connectivity index (χ2n) is 4.90. The van der Waals surface area contributed by atoms with Crippen LogP contribution in [0, 0.1) is 0 Å². The van der Waals surface area contributed by atoms with E-state index in [4.69, 9.17) is 21.7 Å². The first kappa shape index (κ1) is 17.6. The summed E-state index contributed by atoms with van der Waals surface area (Å²) in [5, 5.41) is 9.27. The molecule has 0 aliphatic rings. The smallest absolute Gasteiger partial charge is 0.221 e. The van der Waals surface area contributed by atoms with Gasteiger partial charge in [0.25, 0.3) is 0 Å². The second-order valence-corrected chi connectivity index (χ2v) is 5.31. The summed E-state index contributed by atoms with van der Waals surface area (Å²) >= 11 is 5.32. The molecule has 0 aliphatic heterocycles. The van der Waals surface area contributed by atoms with E-state index in [1.54, 1.807) is 44.6 Å². The summed E-state index contributed by atoms with van der Waals surface area (Å²) in [4.78, 5) is 11.0. The molecule has 0 unspecified atom stereocenters. The van der Waals surface area contributed by atoms with Crippen LogP contribution < -0.4 is 25.4 Å². The van der Waals surface area contributed by atoms with E-state index in [1.807, 2.05) is 12.1 Å². The van der Waals surface area contributed by atoms with E-state index in [2.05, 4.69) is 16.0 Å². The van der Waals surface area contributed by atoms with Gasteiger partial charge in [-0.3, -0.25) is 4.79 Å². The van der Waals surface area contributed by atoms with Gasteiger partial charge in [0.05, 0.1) is 19.9 Å². The van der Waals surface area contributed by atoms with Crippen LogP contribution >= 0.6 is 12.2 Å². The normalized spacial score (nSPS) is 9.79. The number of carbonyl (C=O) groups excluding carboxylic acids is 1. The summed E-state index contributed by atoms with van der Waals surface area (Å²) in [6.45, 7) is 1.47. The molecule has 0 aromatic heterocycles. The van der Waals surface area contributed by atoms with E-state index in [-0.39, 0.29) is 5.91 Å². The van der Waals surface area contributed by atoms with Gasteiger partial charge in [-0.2, -0.15) is 0 Å². The number of nitrogens with one attached hydrogen (secondary N) is 3. The third kappa shape index (κ3) is 4.85. The first-order chi connectivity index (χ1) is 11.5. The van der Waals surface area contributed by atoms with Gasteiger partial charge >= 0.3 is 0 Å². The first-order valence-electron chi connectivity index (χ1n) is 7.19. The first-order valence-corrected chi connectivity index (χ1v) is 7.60. The van der Waals surface area contributed by atoms with Crippen LogP contribution in [0.15, 0.2) is 42.5 Å². The van der Waals surface area contributed by atoms with Crippen molar-refractivity contribution in [2.45, 2.75) is 6.92 Å². The minimum Gasteiger partial charge on any atom is -0.497 e. The maximum Gasteiger partial charge on any atom is 0.221 e. The van der Waals surface area contributed by atoms with Gasteiger partial charge in [-0.05, 0) is 48.6 Å². The lowest BCUT2D eigenvalue weighted by molar-refractivity contribution is -0.114. The van der Waals surface area contributed by atoms with E-state index >= 15 is 0 Å². The van der Waals surface area contributed by atoms with E-state index in [0.717, 1.165) is 11.4 Å². The molecule has 2 rings (SSSR count). The van der Waals surface area contributed by atoms with E-state index in [1.165, 1.54) is 6.92 Å². The zero-order valence-electron chi connectivity index (χ0n) is 13.7. The molecule has 126 valence electrons. The zero-order chi connectivity index (χ0) is 17.5. The number of anilines is 3. The molecule has 0 aliphatic carbocycles. The minimum absolute atomic E-state index is 0.113. The highest BCUT2D eigenvalue weighted by Crippen LogP contribution is 2.29. The van der Waals surface area contributed by atoms with E-state index in [0.29, 0.717) is 22.3 Å². The maximum absolute atomic E-state index is 11.0. The number of benzene rings is 2. The summed E-state index contributed by atoms with van der Waals surface area (Å²) in [7, 11) is 3.18. The van der Waals surface area contributed by atoms with Crippen molar-refractivity contribution >= 4 is 40.3 Å². The van der Waals surface area contributed by atoms with Gasteiger partial charge in [-0.1, -0.05) is 0 Å². The van der Waals surface area contributed by atoms with Crippen molar-refractivity contribution in [3.8, 4) is 11.5 Å². The van der Waals surface area contributed by atoms with Crippen molar-refractivity contribution in [2.75, 3.05) is 30.2 Å². The van der Waals surface area contributed by atoms with Crippen LogP contribution in [0.5, 0.6) is 11.5 Å². The van der Waals surface area contributed by atoms with Gasteiger partial charge in [0.2, 0.25) is 5.91 Å². The molecule has 0 spiro atoms. The third-order valence-corrected chi connectivity index (χ3v) is 3.32. The highest BCUT2D eigenvalue weighted by atomic mass is 32.1. The Labute approximate surface area is 146 Å². The van der Waals surface area contributed by atoms with Crippen LogP contribution in [-0.2, 0) is 4.79 Å². The van der Waals surface area contributed by atoms with Gasteiger partial charge < -0.3 is 25.4 Å². The number of hydrogen-bond donors (Lipinski definition) is 3. The number of hydrogen-bond acceptors (Lipinski definition) is 4. The second kappa shape index (κ2) is 8.16. The maximum atomic E-state index is 11.0. The SMILES string of the molecule is COc1ccc(OC)c(NC(=S)Nc2ccc(NC(C)=O)cc2)c1. The molecule has 0 saturated carbocycles. The highest BCUT2D eigenvalue weighted by molar-refractivity contribution is 7.80. The summed E-state index contributed by atoms with van der Waals surface area (Å²) < 4.78 is 10.5. The molecule has 0 radical (unpaired) electrons.